The average Bonchev–Trinajstić information content (AvgIpc) is 2.59. The Labute approximate surface area is 565 Å². The van der Waals surface area contributed by atoms with E-state index in [2.05, 4.69) is 52.0 Å². The molecule has 4 rings (SSSR count). The van der Waals surface area contributed by atoms with E-state index in [1.807, 2.05) is 24.3 Å². The molecule has 0 aliphatic heterocycles. The number of hydrogen-bond donors (Lipinski definition) is 0. The zero-order chi connectivity index (χ0) is 60.6. The summed E-state index contributed by atoms with van der Waals surface area (Å²) in [4.78, 5) is -0.100. The second-order valence-electron chi connectivity index (χ2n) is 25.8. The molecule has 0 aromatic heterocycles. The third kappa shape index (κ3) is 39.6. The largest absolute Gasteiger partial charge is 2.00 e. The van der Waals surface area contributed by atoms with E-state index in [1.54, 1.807) is 12.1 Å². The van der Waals surface area contributed by atoms with Crippen LogP contribution in [0.4, 0.5) is 0 Å². The van der Waals surface area contributed by atoms with Crippen LogP contribution in [0.15, 0.2) is 70.5 Å². The molecule has 480 valence electrons. The van der Waals surface area contributed by atoms with Crippen molar-refractivity contribution in [3.63, 3.8) is 0 Å². The van der Waals surface area contributed by atoms with Gasteiger partial charge < -0.3 is 9.11 Å². The molecule has 9 heteroatoms. The van der Waals surface area contributed by atoms with Crippen LogP contribution in [-0.2, 0) is 45.9 Å². The first-order valence-corrected chi connectivity index (χ1v) is 38.8. The molecule has 0 N–H and O–H groups in total. The van der Waals surface area contributed by atoms with Gasteiger partial charge in [-0.1, -0.05) is 359 Å². The molecule has 0 heterocycles. The van der Waals surface area contributed by atoms with Crippen molar-refractivity contribution in [2.75, 3.05) is 0 Å². The van der Waals surface area contributed by atoms with Crippen LogP contribution < -0.4 is 0 Å². The van der Waals surface area contributed by atoms with Gasteiger partial charge >= 0.3 is 48.9 Å². The summed E-state index contributed by atoms with van der Waals surface area (Å²) in [7, 11) is -9.02. The van der Waals surface area contributed by atoms with Gasteiger partial charge in [0.1, 0.15) is 20.2 Å². The van der Waals surface area contributed by atoms with Crippen LogP contribution >= 0.6 is 0 Å². The number of unbranched alkanes of at least 4 members (excludes halogenated alkanes) is 44. The first-order valence-electron chi connectivity index (χ1n) is 35.9. The van der Waals surface area contributed by atoms with Crippen LogP contribution in [0.5, 0.6) is 0 Å². The minimum Gasteiger partial charge on any atom is -0.744 e. The number of aryl methyl sites for hydroxylation is 4. The van der Waals surface area contributed by atoms with Crippen molar-refractivity contribution < 1.29 is 25.9 Å². The summed E-state index contributed by atoms with van der Waals surface area (Å²) in [6, 6.07) is 19.5. The van der Waals surface area contributed by atoms with Crippen molar-refractivity contribution in [3.8, 4) is 0 Å². The van der Waals surface area contributed by atoms with Crippen molar-refractivity contribution in [2.24, 2.45) is 0 Å². The summed E-state index contributed by atoms with van der Waals surface area (Å²) < 4.78 is 72.6. The predicted molar refractivity (Wildman–Crippen MR) is 369 cm³/mol. The van der Waals surface area contributed by atoms with Gasteiger partial charge in [-0.25, -0.2) is 16.8 Å². The van der Waals surface area contributed by atoms with Gasteiger partial charge in [0.2, 0.25) is 0 Å². The summed E-state index contributed by atoms with van der Waals surface area (Å²) >= 11 is 0. The second kappa shape index (κ2) is 52.4. The molecule has 0 atom stereocenters. The quantitative estimate of drug-likeness (QED) is 0.0247. The molecule has 0 amide bonds. The van der Waals surface area contributed by atoms with Gasteiger partial charge in [0, 0.05) is 0 Å². The third-order valence-electron chi connectivity index (χ3n) is 17.9. The van der Waals surface area contributed by atoms with Gasteiger partial charge in [-0.05, 0) is 107 Å². The summed E-state index contributed by atoms with van der Waals surface area (Å²) in [5.74, 6) is 0. The Hall–Kier alpha value is -1.21. The van der Waals surface area contributed by atoms with Gasteiger partial charge in [0.25, 0.3) is 0 Å². The van der Waals surface area contributed by atoms with Crippen LogP contribution in [0.1, 0.15) is 358 Å². The number of rotatable bonds is 54. The first kappa shape index (κ1) is 79.9. The van der Waals surface area contributed by atoms with E-state index in [-0.39, 0.29) is 58.7 Å². The standard InChI is InChI=1S/2C38H64O3S.Ba/c2*1-3-5-7-9-11-13-15-17-19-21-23-25-27-34-29-30-37-36(31-34)32-35(33-38(37)42(39,40)41)28-26-24-22-20-18-16-14-12-10-8-6-4-2;/h2*29-33H,3-28H2,1-2H3,(H,39,40,41);/q;;+2/p-2. The smallest absolute Gasteiger partial charge is 0.744 e. The van der Waals surface area contributed by atoms with Crippen molar-refractivity contribution in [3.05, 3.63) is 82.9 Å². The van der Waals surface area contributed by atoms with Crippen molar-refractivity contribution in [1.29, 1.82) is 0 Å². The molecule has 0 radical (unpaired) electrons. The Kier molecular flexibility index (Phi) is 49.3. The van der Waals surface area contributed by atoms with Gasteiger partial charge in [-0.3, -0.25) is 0 Å². The molecule has 85 heavy (non-hydrogen) atoms. The maximum absolute atomic E-state index is 12.1. The molecule has 0 fully saturated rings. The summed E-state index contributed by atoms with van der Waals surface area (Å²) in [6.07, 6.45) is 67.1. The zero-order valence-corrected chi connectivity index (χ0v) is 61.6. The molecule has 0 aliphatic carbocycles. The summed E-state index contributed by atoms with van der Waals surface area (Å²) in [6.45, 7) is 9.08. The zero-order valence-electron chi connectivity index (χ0n) is 55.5. The van der Waals surface area contributed by atoms with Gasteiger partial charge in [-0.15, -0.1) is 0 Å². The molecule has 0 bridgehead atoms. The molecular weight excluding hydrogens is 1210 g/mol. The van der Waals surface area contributed by atoms with Crippen LogP contribution in [0.2, 0.25) is 0 Å². The van der Waals surface area contributed by atoms with Crippen molar-refractivity contribution in [2.45, 2.75) is 371 Å². The van der Waals surface area contributed by atoms with Gasteiger partial charge in [-0.2, -0.15) is 0 Å². The van der Waals surface area contributed by atoms with Crippen molar-refractivity contribution in [1.82, 2.24) is 0 Å². The Morgan fingerprint density at radius 2 is 0.424 bits per heavy atom. The molecule has 6 nitrogen and oxygen atoms in total. The minimum absolute atomic E-state index is 0. The van der Waals surface area contributed by atoms with Crippen LogP contribution in [0, 0.1) is 0 Å². The molecule has 0 aliphatic rings. The Morgan fingerprint density at radius 1 is 0.247 bits per heavy atom. The molecule has 0 spiro atoms. The molecule has 0 saturated carbocycles. The van der Waals surface area contributed by atoms with E-state index < -0.39 is 20.2 Å². The van der Waals surface area contributed by atoms with Gasteiger partial charge in [0.05, 0.1) is 9.79 Å². The topological polar surface area (TPSA) is 114 Å². The molecular formula is C76H126BaO6S2. The minimum atomic E-state index is -4.51. The maximum Gasteiger partial charge on any atom is 2.00 e. The Balaban J connectivity index is 0.000000573. The fraction of sp³-hybridized carbons (Fsp3) is 0.737. The second-order valence-corrected chi connectivity index (χ2v) is 28.5. The molecule has 0 saturated heterocycles. The monoisotopic (exact) mass is 1340 g/mol. The van der Waals surface area contributed by atoms with E-state index in [0.29, 0.717) is 10.8 Å². The average molecular weight is 1340 g/mol. The fourth-order valence-corrected chi connectivity index (χ4v) is 14.1. The van der Waals surface area contributed by atoms with E-state index in [4.69, 9.17) is 0 Å². The normalized spacial score (nSPS) is 11.8. The first-order chi connectivity index (χ1) is 40.9. The SMILES string of the molecule is CCCCCCCCCCCCCCc1ccc2c(S(=O)(=O)[O-])cc(CCCCCCCCCCCCCC)cc2c1.CCCCCCCCCCCCCCc1ccc2c(S(=O)(=O)[O-])cc(CCCCCCCCCCCCCC)cc2c1.[Ba+2]. The maximum atomic E-state index is 12.1. The number of fused-ring (bicyclic) bond motifs is 2. The van der Waals surface area contributed by atoms with Crippen LogP contribution in [0.25, 0.3) is 21.5 Å². The Morgan fingerprint density at radius 3 is 0.624 bits per heavy atom. The molecule has 4 aromatic rings. The summed E-state index contributed by atoms with van der Waals surface area (Å²) in [5.41, 5.74) is 4.44. The van der Waals surface area contributed by atoms with E-state index in [0.717, 1.165) is 86.1 Å². The van der Waals surface area contributed by atoms with Gasteiger partial charge in [0.15, 0.2) is 0 Å². The van der Waals surface area contributed by atoms with E-state index >= 15 is 0 Å². The molecule has 4 aromatic carbocycles. The number of benzene rings is 4. The Bertz CT molecular complexity index is 2290. The van der Waals surface area contributed by atoms with Crippen molar-refractivity contribution >= 4 is 90.7 Å². The predicted octanol–water partition coefficient (Wildman–Crippen LogP) is 24.1. The molecule has 0 unspecified atom stereocenters. The fourth-order valence-electron chi connectivity index (χ4n) is 12.6. The van der Waals surface area contributed by atoms with Crippen LogP contribution in [0.3, 0.4) is 0 Å². The number of hydrogen-bond acceptors (Lipinski definition) is 6. The third-order valence-corrected chi connectivity index (χ3v) is 19.6. The van der Waals surface area contributed by atoms with Crippen LogP contribution in [-0.4, -0.2) is 74.8 Å². The van der Waals surface area contributed by atoms with E-state index in [9.17, 15) is 25.9 Å². The van der Waals surface area contributed by atoms with E-state index in [1.165, 1.54) is 281 Å². The summed E-state index contributed by atoms with van der Waals surface area (Å²) in [5, 5.41) is 2.94.